The van der Waals surface area contributed by atoms with Crippen LogP contribution in [0.5, 0.6) is 0 Å². The maximum Gasteiger partial charge on any atom is 0.173 e. The highest BCUT2D eigenvalue weighted by molar-refractivity contribution is 9.10. The molecular weight excluding hydrogens is 296 g/mol. The zero-order valence-corrected chi connectivity index (χ0v) is 12.7. The topological polar surface area (TPSA) is 17.1 Å². The average molecular weight is 315 g/mol. The summed E-state index contributed by atoms with van der Waals surface area (Å²) >= 11 is 5.10. The van der Waals surface area contributed by atoms with Gasteiger partial charge in [0.1, 0.15) is 0 Å². The monoisotopic (exact) mass is 314 g/mol. The van der Waals surface area contributed by atoms with Crippen LogP contribution in [0, 0.1) is 12.8 Å². The summed E-state index contributed by atoms with van der Waals surface area (Å²) in [6, 6.07) is 1.99. The SMILES string of the molecule is Cc1sc(C(=O)CC2CCCCCC2)cc1Br. The Balaban J connectivity index is 1.95. The Morgan fingerprint density at radius 2 is 2.00 bits per heavy atom. The van der Waals surface area contributed by atoms with Gasteiger partial charge in [0, 0.05) is 15.8 Å². The minimum absolute atomic E-state index is 0.343. The van der Waals surface area contributed by atoms with E-state index in [0.717, 1.165) is 15.8 Å². The second-order valence-electron chi connectivity index (χ2n) is 5.00. The molecule has 1 aromatic rings. The molecule has 2 rings (SSSR count). The molecule has 0 aromatic carbocycles. The highest BCUT2D eigenvalue weighted by atomic mass is 79.9. The van der Waals surface area contributed by atoms with Crippen LogP contribution in [0.25, 0.3) is 0 Å². The van der Waals surface area contributed by atoms with Gasteiger partial charge in [-0.05, 0) is 34.8 Å². The number of carbonyl (C=O) groups is 1. The van der Waals surface area contributed by atoms with Crippen molar-refractivity contribution < 1.29 is 4.79 Å². The fourth-order valence-corrected chi connectivity index (χ4v) is 4.01. The van der Waals surface area contributed by atoms with E-state index in [0.29, 0.717) is 11.7 Å². The molecule has 1 heterocycles. The van der Waals surface area contributed by atoms with Gasteiger partial charge in [-0.25, -0.2) is 0 Å². The predicted octanol–water partition coefficient (Wildman–Crippen LogP) is 5.36. The van der Waals surface area contributed by atoms with Crippen LogP contribution in [0.1, 0.15) is 59.5 Å². The molecule has 1 aliphatic rings. The number of hydrogen-bond acceptors (Lipinski definition) is 2. The Labute approximate surface area is 116 Å². The van der Waals surface area contributed by atoms with E-state index in [9.17, 15) is 4.79 Å². The summed E-state index contributed by atoms with van der Waals surface area (Å²) in [6.45, 7) is 2.05. The maximum absolute atomic E-state index is 12.2. The Bertz CT molecular complexity index is 369. The molecule has 0 N–H and O–H groups in total. The Morgan fingerprint density at radius 3 is 2.53 bits per heavy atom. The molecule has 0 amide bonds. The first-order valence-electron chi connectivity index (χ1n) is 6.46. The van der Waals surface area contributed by atoms with Crippen LogP contribution in [-0.4, -0.2) is 5.78 Å². The van der Waals surface area contributed by atoms with E-state index in [-0.39, 0.29) is 0 Å². The summed E-state index contributed by atoms with van der Waals surface area (Å²) in [7, 11) is 0. The third kappa shape index (κ3) is 3.65. The minimum atomic E-state index is 0.343. The Hall–Kier alpha value is -0.150. The smallest absolute Gasteiger partial charge is 0.173 e. The molecular formula is C14H19BrOS. The standard InChI is InChI=1S/C14H19BrOS/c1-10-12(15)9-14(17-10)13(16)8-11-6-4-2-3-5-7-11/h9,11H,2-8H2,1H3. The molecule has 0 radical (unpaired) electrons. The normalized spacial score (nSPS) is 18.0. The lowest BCUT2D eigenvalue weighted by atomic mass is 9.94. The molecule has 0 atom stereocenters. The van der Waals surface area contributed by atoms with Gasteiger partial charge in [0.15, 0.2) is 5.78 Å². The van der Waals surface area contributed by atoms with Gasteiger partial charge in [-0.15, -0.1) is 11.3 Å². The molecule has 1 aliphatic carbocycles. The van der Waals surface area contributed by atoms with Gasteiger partial charge in [-0.1, -0.05) is 38.5 Å². The first-order chi connectivity index (χ1) is 8.16. The molecule has 1 saturated carbocycles. The van der Waals surface area contributed by atoms with E-state index in [1.54, 1.807) is 11.3 Å². The number of halogens is 1. The quantitative estimate of drug-likeness (QED) is 0.542. The number of rotatable bonds is 3. The number of thiophene rings is 1. The van der Waals surface area contributed by atoms with Crippen LogP contribution in [0.15, 0.2) is 10.5 Å². The highest BCUT2D eigenvalue weighted by Crippen LogP contribution is 2.31. The van der Waals surface area contributed by atoms with Crippen molar-refractivity contribution in [1.29, 1.82) is 0 Å². The third-order valence-electron chi connectivity index (χ3n) is 3.58. The summed E-state index contributed by atoms with van der Waals surface area (Å²) in [5, 5.41) is 0. The zero-order valence-electron chi connectivity index (χ0n) is 10.3. The number of aryl methyl sites for hydroxylation is 1. The van der Waals surface area contributed by atoms with Crippen LogP contribution >= 0.6 is 27.3 Å². The molecule has 1 nitrogen and oxygen atoms in total. The van der Waals surface area contributed by atoms with Gasteiger partial charge in [-0.3, -0.25) is 4.79 Å². The van der Waals surface area contributed by atoms with E-state index < -0.39 is 0 Å². The fourth-order valence-electron chi connectivity index (χ4n) is 2.53. The van der Waals surface area contributed by atoms with Crippen molar-refractivity contribution in [3.63, 3.8) is 0 Å². The number of hydrogen-bond donors (Lipinski definition) is 0. The lowest BCUT2D eigenvalue weighted by Gasteiger charge is -2.11. The molecule has 0 spiro atoms. The van der Waals surface area contributed by atoms with Crippen LogP contribution in [0.2, 0.25) is 0 Å². The molecule has 17 heavy (non-hydrogen) atoms. The van der Waals surface area contributed by atoms with Crippen molar-refractivity contribution in [2.24, 2.45) is 5.92 Å². The van der Waals surface area contributed by atoms with Crippen molar-refractivity contribution in [2.45, 2.75) is 51.9 Å². The van der Waals surface area contributed by atoms with Gasteiger partial charge in [0.05, 0.1) is 4.88 Å². The number of ketones is 1. The summed E-state index contributed by atoms with van der Waals surface area (Å²) < 4.78 is 1.08. The van der Waals surface area contributed by atoms with E-state index in [1.807, 2.05) is 6.07 Å². The van der Waals surface area contributed by atoms with Crippen molar-refractivity contribution >= 4 is 33.0 Å². The van der Waals surface area contributed by atoms with Gasteiger partial charge in [0.2, 0.25) is 0 Å². The first-order valence-corrected chi connectivity index (χ1v) is 8.07. The van der Waals surface area contributed by atoms with Crippen molar-refractivity contribution in [2.75, 3.05) is 0 Å². The number of Topliss-reactive ketones (excluding diaryl/α,β-unsaturated/α-hetero) is 1. The second kappa shape index (κ2) is 6.14. The van der Waals surface area contributed by atoms with Crippen LogP contribution in [0.3, 0.4) is 0 Å². The van der Waals surface area contributed by atoms with Gasteiger partial charge in [-0.2, -0.15) is 0 Å². The van der Waals surface area contributed by atoms with E-state index in [4.69, 9.17) is 0 Å². The highest BCUT2D eigenvalue weighted by Gasteiger charge is 2.18. The van der Waals surface area contributed by atoms with E-state index >= 15 is 0 Å². The molecule has 94 valence electrons. The predicted molar refractivity (Wildman–Crippen MR) is 76.9 cm³/mol. The lowest BCUT2D eigenvalue weighted by molar-refractivity contribution is 0.0961. The fraction of sp³-hybridized carbons (Fsp3) is 0.643. The van der Waals surface area contributed by atoms with Gasteiger partial charge >= 0.3 is 0 Å². The van der Waals surface area contributed by atoms with Crippen molar-refractivity contribution in [1.82, 2.24) is 0 Å². The van der Waals surface area contributed by atoms with Crippen LogP contribution in [-0.2, 0) is 0 Å². The van der Waals surface area contributed by atoms with Crippen LogP contribution < -0.4 is 0 Å². The Kier molecular flexibility index (Phi) is 4.80. The van der Waals surface area contributed by atoms with E-state index in [1.165, 1.54) is 43.4 Å². The van der Waals surface area contributed by atoms with E-state index in [2.05, 4.69) is 22.9 Å². The largest absolute Gasteiger partial charge is 0.293 e. The van der Waals surface area contributed by atoms with Gasteiger partial charge in [0.25, 0.3) is 0 Å². The molecule has 3 heteroatoms. The number of carbonyl (C=O) groups excluding carboxylic acids is 1. The summed E-state index contributed by atoms with van der Waals surface area (Å²) in [4.78, 5) is 14.3. The maximum atomic E-state index is 12.2. The lowest BCUT2D eigenvalue weighted by Crippen LogP contribution is -2.07. The van der Waals surface area contributed by atoms with Gasteiger partial charge < -0.3 is 0 Å². The average Bonchev–Trinajstić information content (AvgIpc) is 2.54. The molecule has 0 unspecified atom stereocenters. The van der Waals surface area contributed by atoms with Crippen molar-refractivity contribution in [3.05, 3.63) is 20.3 Å². The summed E-state index contributed by atoms with van der Waals surface area (Å²) in [6.07, 6.45) is 8.58. The third-order valence-corrected chi connectivity index (χ3v) is 5.76. The molecule has 0 aliphatic heterocycles. The molecule has 0 bridgehead atoms. The second-order valence-corrected chi connectivity index (χ2v) is 7.11. The summed E-state index contributed by atoms with van der Waals surface area (Å²) in [5.74, 6) is 0.974. The van der Waals surface area contributed by atoms with Crippen molar-refractivity contribution in [3.8, 4) is 0 Å². The molecule has 1 aromatic heterocycles. The van der Waals surface area contributed by atoms with Crippen LogP contribution in [0.4, 0.5) is 0 Å². The Morgan fingerprint density at radius 1 is 1.35 bits per heavy atom. The first kappa shape index (κ1) is 13.3. The molecule has 0 saturated heterocycles. The minimum Gasteiger partial charge on any atom is -0.293 e. The summed E-state index contributed by atoms with van der Waals surface area (Å²) in [5.41, 5.74) is 0. The zero-order chi connectivity index (χ0) is 12.3. The molecule has 1 fully saturated rings.